The number of methoxy groups -OCH3 is 1. The van der Waals surface area contributed by atoms with Crippen molar-refractivity contribution in [2.75, 3.05) is 34.4 Å². The Bertz CT molecular complexity index is 2710. The lowest BCUT2D eigenvalue weighted by Crippen LogP contribution is -2.65. The summed E-state index contributed by atoms with van der Waals surface area (Å²) in [5.41, 5.74) is 1.80. The molecule has 2 saturated carbocycles. The van der Waals surface area contributed by atoms with E-state index < -0.39 is 41.7 Å². The Morgan fingerprint density at radius 1 is 1.05 bits per heavy atom. The molecule has 13 nitrogen and oxygen atoms in total. The molecule has 64 heavy (non-hydrogen) atoms. The molecule has 5 N–H and O–H groups in total. The number of carbonyl (C=O) groups is 4. The molecule has 2 fully saturated rings. The fraction of sp³-hybridized carbons (Fsp3) is 0.451. The molecule has 3 heterocycles. The lowest BCUT2D eigenvalue weighted by Gasteiger charge is -2.48. The van der Waals surface area contributed by atoms with Crippen LogP contribution in [-0.2, 0) is 30.5 Å². The van der Waals surface area contributed by atoms with Crippen LogP contribution in [0.1, 0.15) is 65.5 Å². The molecular weight excluding hydrogens is 813 g/mol. The van der Waals surface area contributed by atoms with Gasteiger partial charge in [-0.15, -0.1) is 0 Å². The fourth-order valence-corrected chi connectivity index (χ4v) is 11.5. The highest BCUT2D eigenvalue weighted by molar-refractivity contribution is 6.50. The zero-order valence-electron chi connectivity index (χ0n) is 38.1. The second kappa shape index (κ2) is 16.4. The Morgan fingerprint density at radius 2 is 1.75 bits per heavy atom. The number of hydrogen-bond acceptors (Lipinski definition) is 10. The van der Waals surface area contributed by atoms with Crippen molar-refractivity contribution in [3.05, 3.63) is 101 Å². The van der Waals surface area contributed by atoms with Crippen molar-refractivity contribution in [2.24, 2.45) is 34.5 Å². The molecule has 0 unspecified atom stereocenters. The lowest BCUT2D eigenvalue weighted by atomic mass is 9.59. The minimum Gasteiger partial charge on any atom is -0.497 e. The van der Waals surface area contributed by atoms with E-state index >= 15 is 0 Å². The Morgan fingerprint density at radius 3 is 2.42 bits per heavy atom. The van der Waals surface area contributed by atoms with E-state index in [1.807, 2.05) is 55.6 Å². The van der Waals surface area contributed by atoms with Gasteiger partial charge in [-0.3, -0.25) is 19.7 Å². The summed E-state index contributed by atoms with van der Waals surface area (Å²) in [5.74, 6) is -1.18. The van der Waals surface area contributed by atoms with Crippen LogP contribution in [0.25, 0.3) is 33.0 Å². The van der Waals surface area contributed by atoms with Crippen molar-refractivity contribution < 1.29 is 44.0 Å². The third-order valence-electron chi connectivity index (χ3n) is 15.0. The van der Waals surface area contributed by atoms with Gasteiger partial charge in [-0.25, -0.2) is 4.79 Å². The van der Waals surface area contributed by atoms with Gasteiger partial charge in [0.1, 0.15) is 11.9 Å². The number of aliphatic hydroxyl groups is 3. The maximum absolute atomic E-state index is 14.2. The number of amides is 2. The number of hydrogen-bond donors (Lipinski definition) is 5. The van der Waals surface area contributed by atoms with Gasteiger partial charge in [0.25, 0.3) is 11.8 Å². The average molecular weight is 873 g/mol. The number of aromatic nitrogens is 2. The van der Waals surface area contributed by atoms with Gasteiger partial charge in [-0.2, -0.15) is 0 Å². The Kier molecular flexibility index (Phi) is 11.6. The van der Waals surface area contributed by atoms with Crippen molar-refractivity contribution in [1.82, 2.24) is 19.8 Å². The van der Waals surface area contributed by atoms with Crippen LogP contribution >= 0.6 is 0 Å². The van der Waals surface area contributed by atoms with Crippen LogP contribution < -0.4 is 10.1 Å². The van der Waals surface area contributed by atoms with E-state index in [2.05, 4.69) is 47.7 Å². The SMILES string of the molecule is C/C=C(/C)C(=O)O[C@H]1C(C)=C[C@]23C(=O)[C@@H](C=C(CO)[C@@H](O)[C@]12O)[C@H]1[C@@H](C[C@H]3C)C1(C)C.COc1ccc2c(c1)c(C1=C(c3c[nH]c4ccccc34)C(=O)NC1=O)cn2CCCN(C)C. The largest absolute Gasteiger partial charge is 0.497 e. The highest BCUT2D eigenvalue weighted by Crippen LogP contribution is 2.71. The fourth-order valence-electron chi connectivity index (χ4n) is 11.5. The Hall–Kier alpha value is -5.60. The summed E-state index contributed by atoms with van der Waals surface area (Å²) in [6, 6.07) is 13.6. The first-order valence-corrected chi connectivity index (χ1v) is 22.1. The quantitative estimate of drug-likeness (QED) is 0.0550. The highest BCUT2D eigenvalue weighted by Gasteiger charge is 2.76. The molecule has 2 amide bonds. The third kappa shape index (κ3) is 6.81. The number of aryl methyl sites for hydroxylation is 1. The number of ether oxygens (including phenoxy) is 2. The number of Topliss-reactive ketones (excluding diaryl/α,β-unsaturated/α-hetero) is 1. The number of benzene rings is 2. The van der Waals surface area contributed by atoms with E-state index in [1.54, 1.807) is 52.3 Å². The summed E-state index contributed by atoms with van der Waals surface area (Å²) >= 11 is 0. The number of carbonyl (C=O) groups excluding carboxylic acids is 4. The van der Waals surface area contributed by atoms with Gasteiger partial charge in [-0.05, 0) is 113 Å². The summed E-state index contributed by atoms with van der Waals surface area (Å²) in [6.45, 7) is 12.6. The summed E-state index contributed by atoms with van der Waals surface area (Å²) in [4.78, 5) is 58.2. The number of rotatable bonds is 10. The van der Waals surface area contributed by atoms with Gasteiger partial charge in [0.15, 0.2) is 17.5 Å². The van der Waals surface area contributed by atoms with E-state index in [0.29, 0.717) is 34.0 Å². The average Bonchev–Trinajstić information content (AvgIpc) is 3.68. The maximum atomic E-state index is 14.2. The molecule has 338 valence electrons. The van der Waals surface area contributed by atoms with Gasteiger partial charge < -0.3 is 39.2 Å². The van der Waals surface area contributed by atoms with Crippen molar-refractivity contribution in [1.29, 1.82) is 0 Å². The van der Waals surface area contributed by atoms with Crippen molar-refractivity contribution in [3.63, 3.8) is 0 Å². The van der Waals surface area contributed by atoms with Crippen LogP contribution in [0.15, 0.2) is 89.8 Å². The normalized spacial score (nSPS) is 29.4. The second-order valence-electron chi connectivity index (χ2n) is 19.2. The first-order valence-electron chi connectivity index (χ1n) is 22.1. The molecule has 0 saturated heterocycles. The van der Waals surface area contributed by atoms with Crippen LogP contribution in [0.4, 0.5) is 0 Å². The summed E-state index contributed by atoms with van der Waals surface area (Å²) in [6.07, 6.45) is 7.79. The van der Waals surface area contributed by atoms with Crippen LogP contribution in [0.2, 0.25) is 0 Å². The number of ketones is 1. The molecule has 2 aromatic heterocycles. The van der Waals surface area contributed by atoms with Crippen LogP contribution in [0, 0.1) is 34.5 Å². The summed E-state index contributed by atoms with van der Waals surface area (Å²) < 4.78 is 13.3. The predicted octanol–water partition coefficient (Wildman–Crippen LogP) is 5.98. The lowest BCUT2D eigenvalue weighted by molar-refractivity contribution is -0.201. The van der Waals surface area contributed by atoms with Crippen molar-refractivity contribution in [3.8, 4) is 5.75 Å². The Labute approximate surface area is 373 Å². The predicted molar refractivity (Wildman–Crippen MR) is 245 cm³/mol. The van der Waals surface area contributed by atoms with Crippen molar-refractivity contribution in [2.45, 2.75) is 78.7 Å². The molecule has 8 atom stereocenters. The third-order valence-corrected chi connectivity index (χ3v) is 15.0. The minimum atomic E-state index is -2.08. The molecule has 0 radical (unpaired) electrons. The number of nitrogens with zero attached hydrogens (tertiary/aromatic N) is 2. The number of esters is 1. The minimum absolute atomic E-state index is 0.0209. The number of nitrogens with one attached hydrogen (secondary N) is 2. The monoisotopic (exact) mass is 872 g/mol. The molecule has 4 aliphatic carbocycles. The number of fused-ring (bicyclic) bond motifs is 5. The van der Waals surface area contributed by atoms with Gasteiger partial charge in [0, 0.05) is 63.4 Å². The molecule has 1 aliphatic heterocycles. The maximum Gasteiger partial charge on any atom is 0.334 e. The van der Waals surface area contributed by atoms with E-state index in [-0.39, 0.29) is 40.4 Å². The number of imide groups is 1. The molecule has 9 rings (SSSR count). The summed E-state index contributed by atoms with van der Waals surface area (Å²) in [7, 11) is 5.73. The van der Waals surface area contributed by atoms with Gasteiger partial charge in [-0.1, -0.05) is 57.2 Å². The zero-order chi connectivity index (χ0) is 46.2. The number of H-pyrrole nitrogens is 1. The van der Waals surface area contributed by atoms with Gasteiger partial charge in [0.05, 0.1) is 30.3 Å². The van der Waals surface area contributed by atoms with E-state index in [0.717, 1.165) is 58.9 Å². The molecular formula is C51H60N4O9. The first-order chi connectivity index (χ1) is 30.4. The molecule has 2 bridgehead atoms. The zero-order valence-corrected chi connectivity index (χ0v) is 38.1. The van der Waals surface area contributed by atoms with Crippen LogP contribution in [0.5, 0.6) is 5.75 Å². The number of aromatic amines is 1. The van der Waals surface area contributed by atoms with Crippen molar-refractivity contribution >= 4 is 56.5 Å². The molecule has 5 aliphatic rings. The van der Waals surface area contributed by atoms with Crippen LogP contribution in [-0.4, -0.2) is 106 Å². The van der Waals surface area contributed by atoms with Crippen LogP contribution in [0.3, 0.4) is 0 Å². The molecule has 4 aromatic rings. The Balaban J connectivity index is 0.000000175. The smallest absolute Gasteiger partial charge is 0.334 e. The highest BCUT2D eigenvalue weighted by atomic mass is 16.6. The summed E-state index contributed by atoms with van der Waals surface area (Å²) in [5, 5.41) is 38.0. The molecule has 13 heteroatoms. The van der Waals surface area contributed by atoms with E-state index in [1.165, 1.54) is 0 Å². The van der Waals surface area contributed by atoms with Gasteiger partial charge in [0.2, 0.25) is 0 Å². The number of allylic oxidation sites excluding steroid dienone is 2. The topological polar surface area (TPSA) is 183 Å². The van der Waals surface area contributed by atoms with E-state index in [9.17, 15) is 34.5 Å². The standard InChI is InChI=1S/C26H26N4O3.C25H34O6/c1-29(2)11-6-12-30-15-20(18-13-16(33-3)9-10-22(18)30)24-23(25(31)28-26(24)32)19-14-27-21-8-5-4-7-17(19)21;1-7-12(2)22(29)31-21-13(3)10-24-14(4)8-17-18(23(17,5)6)16(20(24)28)9-15(11-26)19(27)25(21,24)30/h4-5,7-10,13-15,27H,6,11-12H2,1-3H3,(H,28,31,32);7,9-10,14,16-19,21,26-27,30H,8,11H2,1-6H3/b;12-7-/t;14-,16+,17-,18+,19-,21+,24+,25+/m.1/s1. The number of para-hydroxylation sites is 1. The molecule has 1 spiro atoms. The first kappa shape index (κ1) is 45.0. The molecule has 2 aromatic carbocycles. The second-order valence-corrected chi connectivity index (χ2v) is 19.2. The van der Waals surface area contributed by atoms with E-state index in [4.69, 9.17) is 9.47 Å². The number of aliphatic hydroxyl groups excluding tert-OH is 2. The van der Waals surface area contributed by atoms with Gasteiger partial charge >= 0.3 is 5.97 Å².